The minimum Gasteiger partial charge on any atom is -0.480 e. The lowest BCUT2D eigenvalue weighted by Gasteiger charge is -2.01. The second-order valence-electron chi connectivity index (χ2n) is 3.21. The Kier molecular flexibility index (Phi) is 8.75. The van der Waals surface area contributed by atoms with Crippen molar-refractivity contribution in [3.8, 4) is 12.1 Å². The molecule has 19 heavy (non-hydrogen) atoms. The monoisotopic (exact) mass is 260 g/mol. The van der Waals surface area contributed by atoms with Crippen molar-refractivity contribution in [3.05, 3.63) is 35.9 Å². The van der Waals surface area contributed by atoms with Gasteiger partial charge in [-0.3, -0.25) is 9.59 Å². The summed E-state index contributed by atoms with van der Waals surface area (Å²) < 4.78 is 4.81. The van der Waals surface area contributed by atoms with Gasteiger partial charge in [-0.15, -0.1) is 0 Å². The minimum absolute atomic E-state index is 0.188. The average molecular weight is 260 g/mol. The normalized spacial score (nSPS) is 8.11. The van der Waals surface area contributed by atoms with Gasteiger partial charge in [0.25, 0.3) is 0 Å². The highest BCUT2D eigenvalue weighted by Gasteiger charge is 2.00. The number of hydrogen-bond acceptors (Lipinski definition) is 5. The van der Waals surface area contributed by atoms with Gasteiger partial charge in [-0.25, -0.2) is 0 Å². The molecule has 6 nitrogen and oxygen atoms in total. The predicted octanol–water partition coefficient (Wildman–Crippen LogP) is 1.63. The summed E-state index contributed by atoms with van der Waals surface area (Å²) in [6.07, 6.45) is -0.590. The second kappa shape index (κ2) is 10.3. The molecule has 0 radical (unpaired) electrons. The summed E-state index contributed by atoms with van der Waals surface area (Å²) in [4.78, 5) is 20.1. The highest BCUT2D eigenvalue weighted by Crippen LogP contribution is 2.00. The molecular formula is C13H12N2O4. The van der Waals surface area contributed by atoms with Gasteiger partial charge in [-0.05, 0) is 5.56 Å². The molecule has 0 heterocycles. The molecular weight excluding hydrogens is 248 g/mol. The molecule has 0 fully saturated rings. The lowest BCUT2D eigenvalue weighted by Crippen LogP contribution is -2.02. The minimum atomic E-state index is -1.07. The summed E-state index contributed by atoms with van der Waals surface area (Å²) in [5.41, 5.74) is 0.925. The number of aliphatic carboxylic acids is 1. The van der Waals surface area contributed by atoms with Crippen molar-refractivity contribution < 1.29 is 19.4 Å². The third-order valence-electron chi connectivity index (χ3n) is 1.70. The van der Waals surface area contributed by atoms with Crippen LogP contribution in [0.2, 0.25) is 0 Å². The molecule has 0 atom stereocenters. The third kappa shape index (κ3) is 10.0. The second-order valence-corrected chi connectivity index (χ2v) is 3.21. The van der Waals surface area contributed by atoms with Gasteiger partial charge in [0.15, 0.2) is 0 Å². The van der Waals surface area contributed by atoms with Crippen LogP contribution in [-0.2, 0) is 20.9 Å². The Hall–Kier alpha value is -2.86. The molecule has 0 bridgehead atoms. The van der Waals surface area contributed by atoms with E-state index in [0.29, 0.717) is 0 Å². The molecule has 0 saturated carbocycles. The van der Waals surface area contributed by atoms with Crippen LogP contribution < -0.4 is 0 Å². The molecule has 6 heteroatoms. The first-order valence-corrected chi connectivity index (χ1v) is 5.25. The van der Waals surface area contributed by atoms with Gasteiger partial charge in [-0.1, -0.05) is 30.3 Å². The summed E-state index contributed by atoms with van der Waals surface area (Å²) in [6.45, 7) is 0.237. The Labute approximate surface area is 110 Å². The van der Waals surface area contributed by atoms with Crippen molar-refractivity contribution in [3.63, 3.8) is 0 Å². The van der Waals surface area contributed by atoms with Gasteiger partial charge < -0.3 is 9.84 Å². The zero-order chi connectivity index (χ0) is 14.5. The molecule has 1 aromatic rings. The van der Waals surface area contributed by atoms with E-state index in [0.717, 1.165) is 5.56 Å². The fourth-order valence-electron chi connectivity index (χ4n) is 0.921. The molecule has 1 aromatic carbocycles. The van der Waals surface area contributed by atoms with Crippen molar-refractivity contribution in [2.75, 3.05) is 0 Å². The van der Waals surface area contributed by atoms with Crippen molar-refractivity contribution >= 4 is 11.9 Å². The number of carboxylic acid groups (broad SMARTS) is 1. The summed E-state index contributed by atoms with van der Waals surface area (Å²) in [7, 11) is 0. The van der Waals surface area contributed by atoms with Crippen LogP contribution in [0.4, 0.5) is 0 Å². The lowest BCUT2D eigenvalue weighted by atomic mass is 10.2. The number of nitriles is 2. The first-order valence-electron chi connectivity index (χ1n) is 5.25. The molecule has 1 rings (SSSR count). The van der Waals surface area contributed by atoms with Crippen molar-refractivity contribution in [1.82, 2.24) is 0 Å². The summed E-state index contributed by atoms with van der Waals surface area (Å²) >= 11 is 0. The number of rotatable bonds is 4. The van der Waals surface area contributed by atoms with Crippen LogP contribution in [-0.4, -0.2) is 17.0 Å². The van der Waals surface area contributed by atoms with Crippen LogP contribution in [0, 0.1) is 22.7 Å². The fourth-order valence-corrected chi connectivity index (χ4v) is 0.921. The van der Waals surface area contributed by atoms with Gasteiger partial charge in [0.05, 0.1) is 12.1 Å². The van der Waals surface area contributed by atoms with Crippen molar-refractivity contribution in [1.29, 1.82) is 10.5 Å². The number of benzene rings is 1. The van der Waals surface area contributed by atoms with E-state index in [1.165, 1.54) is 6.07 Å². The number of esters is 1. The highest BCUT2D eigenvalue weighted by atomic mass is 16.5. The molecule has 1 N–H and O–H groups in total. The number of ether oxygens (including phenoxy) is 1. The SMILES string of the molecule is N#CCC(=O)O.N#CCC(=O)OCc1ccccc1. The van der Waals surface area contributed by atoms with Gasteiger partial charge in [0.1, 0.15) is 19.4 Å². The molecule has 0 saturated heterocycles. The number of hydrogen-bond donors (Lipinski definition) is 1. The number of carbonyl (C=O) groups is 2. The van der Waals surface area contributed by atoms with Crippen LogP contribution in [0.5, 0.6) is 0 Å². The molecule has 0 aliphatic rings. The maximum atomic E-state index is 10.8. The Bertz CT molecular complexity index is 486. The first-order chi connectivity index (χ1) is 9.10. The van der Waals surface area contributed by atoms with E-state index in [-0.39, 0.29) is 13.0 Å². The Morgan fingerprint density at radius 3 is 2.11 bits per heavy atom. The number of carboxylic acids is 1. The predicted molar refractivity (Wildman–Crippen MR) is 64.3 cm³/mol. The Balaban J connectivity index is 0.000000459. The average Bonchev–Trinajstić information content (AvgIpc) is 2.38. The largest absolute Gasteiger partial charge is 0.480 e. The first kappa shape index (κ1) is 16.1. The van der Waals surface area contributed by atoms with Gasteiger partial charge in [0.2, 0.25) is 0 Å². The van der Waals surface area contributed by atoms with Gasteiger partial charge in [-0.2, -0.15) is 10.5 Å². The van der Waals surface area contributed by atoms with Crippen molar-refractivity contribution in [2.45, 2.75) is 19.4 Å². The third-order valence-corrected chi connectivity index (χ3v) is 1.70. The number of carbonyl (C=O) groups excluding carboxylic acids is 1. The van der Waals surface area contributed by atoms with Crippen LogP contribution in [0.3, 0.4) is 0 Å². The molecule has 0 spiro atoms. The highest BCUT2D eigenvalue weighted by molar-refractivity contribution is 5.71. The molecule has 0 amide bonds. The molecule has 0 aliphatic heterocycles. The summed E-state index contributed by atoms with van der Waals surface area (Å²) in [5.74, 6) is -1.55. The van der Waals surface area contributed by atoms with Crippen molar-refractivity contribution in [2.24, 2.45) is 0 Å². The lowest BCUT2D eigenvalue weighted by molar-refractivity contribution is -0.143. The van der Waals surface area contributed by atoms with Crippen LogP contribution in [0.15, 0.2) is 30.3 Å². The van der Waals surface area contributed by atoms with Crippen LogP contribution in [0.1, 0.15) is 18.4 Å². The van der Waals surface area contributed by atoms with E-state index in [1.54, 1.807) is 6.07 Å². The van der Waals surface area contributed by atoms with Crippen LogP contribution in [0.25, 0.3) is 0 Å². The molecule has 0 aliphatic carbocycles. The smallest absolute Gasteiger partial charge is 0.320 e. The Morgan fingerprint density at radius 1 is 1.11 bits per heavy atom. The molecule has 0 aromatic heterocycles. The van der Waals surface area contributed by atoms with Gasteiger partial charge >= 0.3 is 11.9 Å². The molecule has 0 unspecified atom stereocenters. The molecule has 98 valence electrons. The van der Waals surface area contributed by atoms with Crippen LogP contribution >= 0.6 is 0 Å². The number of nitrogens with zero attached hydrogens (tertiary/aromatic N) is 2. The van der Waals surface area contributed by atoms with E-state index in [1.807, 2.05) is 30.3 Å². The van der Waals surface area contributed by atoms with Gasteiger partial charge in [0, 0.05) is 0 Å². The maximum absolute atomic E-state index is 10.8. The fraction of sp³-hybridized carbons (Fsp3) is 0.231. The zero-order valence-corrected chi connectivity index (χ0v) is 10.1. The summed E-state index contributed by atoms with van der Waals surface area (Å²) in [5, 5.41) is 23.5. The van der Waals surface area contributed by atoms with E-state index in [2.05, 4.69) is 0 Å². The van der Waals surface area contributed by atoms with E-state index in [9.17, 15) is 9.59 Å². The van der Waals surface area contributed by atoms with E-state index < -0.39 is 18.4 Å². The zero-order valence-electron chi connectivity index (χ0n) is 10.1. The van der Waals surface area contributed by atoms with E-state index in [4.69, 9.17) is 20.4 Å². The topological polar surface area (TPSA) is 111 Å². The summed E-state index contributed by atoms with van der Waals surface area (Å²) in [6, 6.07) is 12.5. The standard InChI is InChI=1S/C10H9NO2.C3H3NO2/c11-7-6-10(12)13-8-9-4-2-1-3-5-9;4-2-1-3(5)6/h1-5H,6,8H2;1H2,(H,5,6). The van der Waals surface area contributed by atoms with E-state index >= 15 is 0 Å². The maximum Gasteiger partial charge on any atom is 0.320 e. The quantitative estimate of drug-likeness (QED) is 0.823. The Morgan fingerprint density at radius 2 is 1.68 bits per heavy atom.